The van der Waals surface area contributed by atoms with E-state index in [1.165, 1.54) is 45.0 Å². The van der Waals surface area contributed by atoms with Crippen molar-refractivity contribution in [2.24, 2.45) is 4.99 Å². The van der Waals surface area contributed by atoms with Crippen molar-refractivity contribution in [2.45, 2.75) is 32.7 Å². The fourth-order valence-corrected chi connectivity index (χ4v) is 3.66. The Labute approximate surface area is 170 Å². The zero-order valence-corrected chi connectivity index (χ0v) is 16.8. The number of thioether (sulfide) groups is 1. The highest BCUT2D eigenvalue weighted by atomic mass is 32.2. The van der Waals surface area contributed by atoms with E-state index < -0.39 is 27.8 Å². The number of aliphatic imine (C=N–C) groups is 1. The molecule has 1 aromatic carbocycles. The Bertz CT molecular complexity index is 926. The van der Waals surface area contributed by atoms with Crippen LogP contribution in [0.1, 0.15) is 32.3 Å². The van der Waals surface area contributed by atoms with Crippen LogP contribution in [0.4, 0.5) is 5.69 Å². The van der Waals surface area contributed by atoms with Crippen LogP contribution in [0, 0.1) is 20.2 Å². The molecule has 0 amide bonds. The number of esters is 1. The van der Waals surface area contributed by atoms with Gasteiger partial charge in [0.05, 0.1) is 22.1 Å². The van der Waals surface area contributed by atoms with E-state index in [-0.39, 0.29) is 45.7 Å². The zero-order valence-electron chi connectivity index (χ0n) is 16.0. The predicted molar refractivity (Wildman–Crippen MR) is 107 cm³/mol. The standard InChI is InChI=1S/C18H19N3O7S/c1-10-15(18(23)28-8-9-29-12(3)22)16(17(21(26)27)11(2)19-10)13-6-4-5-7-14(13)20(24)25/h4-7,16-17H,8-9H2,1-3H3. The number of carbonyl (C=O) groups is 2. The van der Waals surface area contributed by atoms with Gasteiger partial charge in [-0.15, -0.1) is 0 Å². The third kappa shape index (κ3) is 5.05. The Morgan fingerprint density at radius 2 is 1.86 bits per heavy atom. The number of ether oxygens (including phenoxy) is 1. The van der Waals surface area contributed by atoms with Crippen LogP contribution in [0.25, 0.3) is 0 Å². The number of benzene rings is 1. The molecule has 0 saturated heterocycles. The normalized spacial score (nSPS) is 18.8. The Morgan fingerprint density at radius 3 is 2.45 bits per heavy atom. The molecule has 29 heavy (non-hydrogen) atoms. The molecule has 11 heteroatoms. The van der Waals surface area contributed by atoms with E-state index in [1.807, 2.05) is 0 Å². The average molecular weight is 421 g/mol. The summed E-state index contributed by atoms with van der Waals surface area (Å²) in [5.74, 6) is -1.85. The smallest absolute Gasteiger partial charge is 0.336 e. The SMILES string of the molecule is CC(=O)SCCOC(=O)C1=C(C)N=C(C)C([N+](=O)[O-])C1c1ccccc1[N+](=O)[O-]. The Hall–Kier alpha value is -3.08. The lowest BCUT2D eigenvalue weighted by Crippen LogP contribution is -2.40. The summed E-state index contributed by atoms with van der Waals surface area (Å²) in [6.45, 7) is 4.24. The third-order valence-corrected chi connectivity index (χ3v) is 5.10. The highest BCUT2D eigenvalue weighted by Gasteiger charge is 2.47. The van der Waals surface area contributed by atoms with Gasteiger partial charge in [-0.3, -0.25) is 30.0 Å². The molecule has 2 atom stereocenters. The average Bonchev–Trinajstić information content (AvgIpc) is 2.63. The molecule has 0 aliphatic carbocycles. The molecule has 0 radical (unpaired) electrons. The summed E-state index contributed by atoms with van der Waals surface area (Å²) < 4.78 is 5.19. The van der Waals surface area contributed by atoms with Crippen molar-refractivity contribution in [3.05, 3.63) is 61.3 Å². The summed E-state index contributed by atoms with van der Waals surface area (Å²) >= 11 is 0.973. The lowest BCUT2D eigenvalue weighted by Gasteiger charge is -2.27. The van der Waals surface area contributed by atoms with Gasteiger partial charge in [-0.05, 0) is 13.8 Å². The fourth-order valence-electron chi connectivity index (χ4n) is 3.20. The van der Waals surface area contributed by atoms with Gasteiger partial charge < -0.3 is 4.74 Å². The summed E-state index contributed by atoms with van der Waals surface area (Å²) in [6, 6.07) is 4.13. The number of nitrogens with zero attached hydrogens (tertiary/aromatic N) is 3. The maximum atomic E-state index is 12.8. The van der Waals surface area contributed by atoms with Crippen LogP contribution in [0.5, 0.6) is 0 Å². The van der Waals surface area contributed by atoms with Gasteiger partial charge in [0, 0.05) is 34.9 Å². The number of allylic oxidation sites excluding steroid dienone is 1. The molecule has 154 valence electrons. The maximum Gasteiger partial charge on any atom is 0.336 e. The van der Waals surface area contributed by atoms with Crippen molar-refractivity contribution in [2.75, 3.05) is 12.4 Å². The van der Waals surface area contributed by atoms with Crippen molar-refractivity contribution in [3.8, 4) is 0 Å². The van der Waals surface area contributed by atoms with Gasteiger partial charge in [-0.1, -0.05) is 30.0 Å². The van der Waals surface area contributed by atoms with E-state index in [0.29, 0.717) is 0 Å². The van der Waals surface area contributed by atoms with Crippen molar-refractivity contribution in [3.63, 3.8) is 0 Å². The minimum Gasteiger partial charge on any atom is -0.461 e. The first-order valence-electron chi connectivity index (χ1n) is 8.58. The van der Waals surface area contributed by atoms with E-state index in [2.05, 4.69) is 4.99 Å². The molecule has 0 aromatic heterocycles. The number of para-hydroxylation sites is 1. The van der Waals surface area contributed by atoms with Gasteiger partial charge in [-0.25, -0.2) is 4.79 Å². The number of rotatable bonds is 7. The molecule has 1 aliphatic heterocycles. The number of hydrogen-bond acceptors (Lipinski definition) is 9. The monoisotopic (exact) mass is 421 g/mol. The first kappa shape index (κ1) is 22.2. The summed E-state index contributed by atoms with van der Waals surface area (Å²) in [5, 5.41) is 23.1. The first-order valence-corrected chi connectivity index (χ1v) is 9.57. The second kappa shape index (κ2) is 9.41. The number of hydrogen-bond donors (Lipinski definition) is 0. The van der Waals surface area contributed by atoms with Gasteiger partial charge >= 0.3 is 5.97 Å². The first-order chi connectivity index (χ1) is 13.6. The molecular formula is C18H19N3O7S. The molecule has 10 nitrogen and oxygen atoms in total. The number of carbonyl (C=O) groups excluding carboxylic acids is 2. The van der Waals surface area contributed by atoms with E-state index >= 15 is 0 Å². The molecule has 0 fully saturated rings. The second-order valence-corrected chi connectivity index (χ2v) is 7.52. The van der Waals surface area contributed by atoms with Crippen molar-refractivity contribution in [1.29, 1.82) is 0 Å². The maximum absolute atomic E-state index is 12.8. The van der Waals surface area contributed by atoms with Crippen molar-refractivity contribution < 1.29 is 24.2 Å². The lowest BCUT2D eigenvalue weighted by molar-refractivity contribution is -0.506. The van der Waals surface area contributed by atoms with Crippen LogP contribution in [-0.2, 0) is 14.3 Å². The molecule has 2 rings (SSSR count). The fraction of sp³-hybridized carbons (Fsp3) is 0.389. The van der Waals surface area contributed by atoms with Crippen LogP contribution in [0.2, 0.25) is 0 Å². The molecule has 1 aliphatic rings. The third-order valence-electron chi connectivity index (χ3n) is 4.33. The Morgan fingerprint density at radius 1 is 1.21 bits per heavy atom. The molecule has 0 spiro atoms. The van der Waals surface area contributed by atoms with Gasteiger partial charge in [0.2, 0.25) is 0 Å². The highest BCUT2D eigenvalue weighted by Crippen LogP contribution is 2.40. The Balaban J connectivity index is 2.51. The van der Waals surface area contributed by atoms with Crippen molar-refractivity contribution >= 4 is 34.2 Å². The van der Waals surface area contributed by atoms with Gasteiger partial charge in [0.1, 0.15) is 6.61 Å². The van der Waals surface area contributed by atoms with Gasteiger partial charge in [-0.2, -0.15) is 0 Å². The van der Waals surface area contributed by atoms with E-state index in [1.54, 1.807) is 0 Å². The quantitative estimate of drug-likeness (QED) is 0.283. The second-order valence-electron chi connectivity index (χ2n) is 6.25. The largest absolute Gasteiger partial charge is 0.461 e. The number of nitro benzene ring substituents is 1. The molecular weight excluding hydrogens is 402 g/mol. The van der Waals surface area contributed by atoms with Gasteiger partial charge in [0.25, 0.3) is 11.7 Å². The summed E-state index contributed by atoms with van der Waals surface area (Å²) in [7, 11) is 0. The van der Waals surface area contributed by atoms with Crippen LogP contribution in [0.15, 0.2) is 40.5 Å². The zero-order chi connectivity index (χ0) is 21.7. The van der Waals surface area contributed by atoms with E-state index in [9.17, 15) is 29.8 Å². The molecule has 0 bridgehead atoms. The van der Waals surface area contributed by atoms with Crippen LogP contribution in [0.3, 0.4) is 0 Å². The minimum atomic E-state index is -1.45. The minimum absolute atomic E-state index is 0.0397. The number of nitro groups is 2. The molecule has 1 aromatic rings. The van der Waals surface area contributed by atoms with E-state index in [4.69, 9.17) is 4.74 Å². The predicted octanol–water partition coefficient (Wildman–Crippen LogP) is 2.90. The van der Waals surface area contributed by atoms with Gasteiger partial charge in [0.15, 0.2) is 5.12 Å². The van der Waals surface area contributed by atoms with Crippen LogP contribution in [-0.4, -0.2) is 45.0 Å². The topological polar surface area (TPSA) is 142 Å². The molecule has 0 saturated carbocycles. The van der Waals surface area contributed by atoms with Crippen LogP contribution < -0.4 is 0 Å². The molecule has 2 unspecified atom stereocenters. The summed E-state index contributed by atoms with van der Waals surface area (Å²) in [6.07, 6.45) is 0. The molecule has 0 N–H and O–H groups in total. The molecule has 1 heterocycles. The summed E-state index contributed by atoms with van der Waals surface area (Å²) in [4.78, 5) is 49.9. The van der Waals surface area contributed by atoms with E-state index in [0.717, 1.165) is 11.8 Å². The van der Waals surface area contributed by atoms with Crippen LogP contribution >= 0.6 is 11.8 Å². The lowest BCUT2D eigenvalue weighted by atomic mass is 9.79. The Kier molecular flexibility index (Phi) is 7.21. The highest BCUT2D eigenvalue weighted by molar-refractivity contribution is 8.13. The van der Waals surface area contributed by atoms with Crippen molar-refractivity contribution in [1.82, 2.24) is 0 Å². The summed E-state index contributed by atoms with van der Waals surface area (Å²) in [5.41, 5.74) is -0.0473.